The lowest BCUT2D eigenvalue weighted by molar-refractivity contribution is -0.117. The maximum absolute atomic E-state index is 11.1. The third-order valence-corrected chi connectivity index (χ3v) is 6.15. The van der Waals surface area contributed by atoms with Crippen LogP contribution in [0, 0.1) is 0 Å². The second-order valence-corrected chi connectivity index (χ2v) is 8.41. The molecule has 0 spiro atoms. The molecule has 2 aromatic carbocycles. The summed E-state index contributed by atoms with van der Waals surface area (Å²) in [5, 5.41) is 0.680. The number of rotatable bonds is 5. The molecular weight excluding hydrogens is 390 g/mol. The molecule has 1 aliphatic heterocycles. The minimum absolute atomic E-state index is 0.262. The first kappa shape index (κ1) is 19.0. The lowest BCUT2D eigenvalue weighted by atomic mass is 10.0. The van der Waals surface area contributed by atoms with Gasteiger partial charge in [0.05, 0.1) is 22.7 Å². The highest BCUT2D eigenvalue weighted by molar-refractivity contribution is 7.99. The van der Waals surface area contributed by atoms with E-state index < -0.39 is 0 Å². The zero-order valence-corrected chi connectivity index (χ0v) is 16.9. The smallest absolute Gasteiger partial charge is 0.221 e. The Bertz CT molecular complexity index is 1020. The molecule has 4 rings (SSSR count). The topological polar surface area (TPSA) is 68.9 Å². The predicted octanol–water partition coefficient (Wildman–Crippen LogP) is 4.45. The van der Waals surface area contributed by atoms with Crippen LogP contribution >= 0.6 is 23.4 Å². The van der Waals surface area contributed by atoms with Crippen molar-refractivity contribution >= 4 is 29.3 Å². The number of thioether (sulfide) groups is 1. The molecule has 0 saturated heterocycles. The van der Waals surface area contributed by atoms with E-state index in [0.717, 1.165) is 58.9 Å². The molecule has 1 aromatic heterocycles. The maximum atomic E-state index is 11.1. The zero-order chi connectivity index (χ0) is 19.5. The van der Waals surface area contributed by atoms with E-state index in [4.69, 9.17) is 27.3 Å². The third kappa shape index (κ3) is 4.37. The number of nitrogens with two attached hydrogens (primary N) is 1. The van der Waals surface area contributed by atoms with Crippen molar-refractivity contribution in [3.63, 3.8) is 0 Å². The summed E-state index contributed by atoms with van der Waals surface area (Å²) in [5.41, 5.74) is 10.5. The van der Waals surface area contributed by atoms with Gasteiger partial charge in [-0.15, -0.1) is 11.8 Å². The van der Waals surface area contributed by atoms with E-state index in [1.165, 1.54) is 4.90 Å². The fourth-order valence-corrected chi connectivity index (χ4v) is 4.63. The van der Waals surface area contributed by atoms with Crippen LogP contribution in [0.1, 0.15) is 28.9 Å². The molecule has 0 atom stereocenters. The minimum Gasteiger partial charge on any atom is -0.369 e. The quantitative estimate of drug-likeness (QED) is 0.675. The first-order valence-electron chi connectivity index (χ1n) is 9.23. The van der Waals surface area contributed by atoms with Crippen LogP contribution in [0.25, 0.3) is 11.4 Å². The molecule has 0 aliphatic carbocycles. The third-order valence-electron chi connectivity index (χ3n) is 4.67. The number of halogens is 1. The number of hydrogen-bond acceptors (Lipinski definition) is 4. The average molecular weight is 410 g/mol. The fourth-order valence-electron chi connectivity index (χ4n) is 3.34. The number of aromatic nitrogens is 2. The highest BCUT2D eigenvalue weighted by Gasteiger charge is 2.19. The molecule has 0 fully saturated rings. The van der Waals surface area contributed by atoms with Gasteiger partial charge in [-0.1, -0.05) is 48.0 Å². The van der Waals surface area contributed by atoms with Crippen LogP contribution in [0.5, 0.6) is 0 Å². The number of hydrogen-bond donors (Lipinski definition) is 1. The summed E-state index contributed by atoms with van der Waals surface area (Å²) < 4.78 is 0. The molecule has 2 N–H and O–H groups in total. The van der Waals surface area contributed by atoms with E-state index in [0.29, 0.717) is 5.02 Å². The lowest BCUT2D eigenvalue weighted by Gasteiger charge is -2.19. The number of carbonyl (C=O) groups excluding carboxylic acids is 1. The standard InChI is InChI=1S/C22H20ClN3OS/c23-17-4-1-3-16(13-17)22-25-18-5-2-10-28-21(18)19(26-22)11-14-6-8-15(9-7-14)12-20(24)27/h1,3-4,6-9,13H,2,5,10-12H2,(H2,24,27). The average Bonchev–Trinajstić information content (AvgIpc) is 2.69. The molecule has 0 saturated carbocycles. The molecule has 6 heteroatoms. The summed E-state index contributed by atoms with van der Waals surface area (Å²) in [6, 6.07) is 15.7. The van der Waals surface area contributed by atoms with Crippen molar-refractivity contribution in [2.45, 2.75) is 30.6 Å². The maximum Gasteiger partial charge on any atom is 0.221 e. The zero-order valence-electron chi connectivity index (χ0n) is 15.3. The van der Waals surface area contributed by atoms with Gasteiger partial charge in [0.15, 0.2) is 5.82 Å². The van der Waals surface area contributed by atoms with Crippen molar-refractivity contribution in [3.8, 4) is 11.4 Å². The normalized spacial score (nSPS) is 13.2. The van der Waals surface area contributed by atoms with Crippen molar-refractivity contribution < 1.29 is 4.79 Å². The summed E-state index contributed by atoms with van der Waals surface area (Å²) in [7, 11) is 0. The van der Waals surface area contributed by atoms with Gasteiger partial charge < -0.3 is 5.73 Å². The van der Waals surface area contributed by atoms with Crippen molar-refractivity contribution in [2.24, 2.45) is 5.73 Å². The molecule has 3 aromatic rings. The van der Waals surface area contributed by atoms with E-state index in [-0.39, 0.29) is 12.3 Å². The molecule has 0 unspecified atom stereocenters. The van der Waals surface area contributed by atoms with E-state index in [1.807, 2.05) is 60.3 Å². The summed E-state index contributed by atoms with van der Waals surface area (Å²) >= 11 is 8.01. The molecule has 0 bridgehead atoms. The summed E-state index contributed by atoms with van der Waals surface area (Å²) in [6.07, 6.45) is 3.09. The highest BCUT2D eigenvalue weighted by atomic mass is 35.5. The predicted molar refractivity (Wildman–Crippen MR) is 114 cm³/mol. The SMILES string of the molecule is NC(=O)Cc1ccc(Cc2nc(-c3cccc(Cl)c3)nc3c2SCCC3)cc1. The number of primary amides is 1. The van der Waals surface area contributed by atoms with Crippen molar-refractivity contribution in [1.82, 2.24) is 9.97 Å². The van der Waals surface area contributed by atoms with Gasteiger partial charge in [0.25, 0.3) is 0 Å². The molecular formula is C22H20ClN3OS. The van der Waals surface area contributed by atoms with Crippen LogP contribution in [-0.2, 0) is 24.1 Å². The summed E-state index contributed by atoms with van der Waals surface area (Å²) in [4.78, 5) is 22.0. The molecule has 28 heavy (non-hydrogen) atoms. The van der Waals surface area contributed by atoms with Crippen molar-refractivity contribution in [3.05, 3.63) is 76.1 Å². The Morgan fingerprint density at radius 2 is 1.89 bits per heavy atom. The Hall–Kier alpha value is -2.37. The Labute approximate surface area is 173 Å². The van der Waals surface area contributed by atoms with Crippen LogP contribution in [0.15, 0.2) is 53.4 Å². The van der Waals surface area contributed by atoms with E-state index in [2.05, 4.69) is 0 Å². The Balaban J connectivity index is 1.69. The first-order valence-corrected chi connectivity index (χ1v) is 10.6. The molecule has 4 nitrogen and oxygen atoms in total. The van der Waals surface area contributed by atoms with Crippen LogP contribution in [0.4, 0.5) is 0 Å². The number of fused-ring (bicyclic) bond motifs is 1. The highest BCUT2D eigenvalue weighted by Crippen LogP contribution is 2.34. The largest absolute Gasteiger partial charge is 0.369 e. The monoisotopic (exact) mass is 409 g/mol. The fraction of sp³-hybridized carbons (Fsp3) is 0.227. The second kappa shape index (κ2) is 8.33. The molecule has 142 valence electrons. The molecule has 1 aliphatic rings. The van der Waals surface area contributed by atoms with Gasteiger partial charge in [-0.3, -0.25) is 4.79 Å². The van der Waals surface area contributed by atoms with Crippen molar-refractivity contribution in [2.75, 3.05) is 5.75 Å². The Kier molecular flexibility index (Phi) is 5.64. The van der Waals surface area contributed by atoms with Crippen molar-refractivity contribution in [1.29, 1.82) is 0 Å². The van der Waals surface area contributed by atoms with E-state index in [9.17, 15) is 4.79 Å². The van der Waals surface area contributed by atoms with Crippen LogP contribution < -0.4 is 5.73 Å². The Morgan fingerprint density at radius 3 is 2.64 bits per heavy atom. The van der Waals surface area contributed by atoms with Gasteiger partial charge in [0.2, 0.25) is 5.91 Å². The van der Waals surface area contributed by atoms with Gasteiger partial charge in [-0.05, 0) is 41.9 Å². The molecule has 2 heterocycles. The second-order valence-electron chi connectivity index (χ2n) is 6.87. The molecule has 0 radical (unpaired) electrons. The van der Waals surface area contributed by atoms with E-state index in [1.54, 1.807) is 0 Å². The Morgan fingerprint density at radius 1 is 1.11 bits per heavy atom. The van der Waals surface area contributed by atoms with Gasteiger partial charge in [0.1, 0.15) is 0 Å². The summed E-state index contributed by atoms with van der Waals surface area (Å²) in [6.45, 7) is 0. The number of benzene rings is 2. The van der Waals surface area contributed by atoms with Crippen LogP contribution in [0.3, 0.4) is 0 Å². The minimum atomic E-state index is -0.319. The van der Waals surface area contributed by atoms with Gasteiger partial charge >= 0.3 is 0 Å². The molecule has 1 amide bonds. The number of nitrogens with zero attached hydrogens (tertiary/aromatic N) is 2. The number of carbonyl (C=O) groups is 1. The van der Waals surface area contributed by atoms with Crippen LogP contribution in [-0.4, -0.2) is 21.6 Å². The van der Waals surface area contributed by atoms with Gasteiger partial charge in [0, 0.05) is 17.0 Å². The number of amides is 1. The van der Waals surface area contributed by atoms with E-state index >= 15 is 0 Å². The van der Waals surface area contributed by atoms with Gasteiger partial charge in [-0.2, -0.15) is 0 Å². The first-order chi connectivity index (χ1) is 13.6. The lowest BCUT2D eigenvalue weighted by Crippen LogP contribution is -2.13. The number of aryl methyl sites for hydroxylation is 1. The van der Waals surface area contributed by atoms with Crippen LogP contribution in [0.2, 0.25) is 5.02 Å². The summed E-state index contributed by atoms with van der Waals surface area (Å²) in [5.74, 6) is 1.50. The van der Waals surface area contributed by atoms with Gasteiger partial charge in [-0.25, -0.2) is 9.97 Å².